The van der Waals surface area contributed by atoms with Crippen molar-refractivity contribution in [3.05, 3.63) is 122 Å². The van der Waals surface area contributed by atoms with Gasteiger partial charge in [0.15, 0.2) is 11.6 Å². The number of hydrogen-bond donors (Lipinski definition) is 0. The number of nitro groups is 1. The van der Waals surface area contributed by atoms with E-state index in [-0.39, 0.29) is 28.1 Å². The number of hydrogen-bond acceptors (Lipinski definition) is 5. The molecule has 0 saturated carbocycles. The average molecular weight is 465 g/mol. The predicted molar refractivity (Wildman–Crippen MR) is 121 cm³/mol. The molecule has 0 saturated heterocycles. The van der Waals surface area contributed by atoms with Crippen LogP contribution in [-0.2, 0) is 0 Å². The standard InChI is InChI=1S/C25H17F2NO4S/c26-17-7-3-5-15(13-17)23(29)22-12-11-20(19-9-1-2-10-21(19)28(31)32)25(33-22)24(30)16-6-4-8-18(27)14-16/h1-10,12-14,20,25H,11H2/t20-,25+/m0/s1. The van der Waals surface area contributed by atoms with Crippen molar-refractivity contribution in [1.82, 2.24) is 0 Å². The zero-order chi connectivity index (χ0) is 23.5. The first-order valence-corrected chi connectivity index (χ1v) is 10.9. The van der Waals surface area contributed by atoms with Crippen LogP contribution in [0.4, 0.5) is 14.5 Å². The minimum Gasteiger partial charge on any atom is -0.293 e. The van der Waals surface area contributed by atoms with Gasteiger partial charge in [-0.2, -0.15) is 0 Å². The molecule has 3 aromatic carbocycles. The first kappa shape index (κ1) is 22.5. The van der Waals surface area contributed by atoms with E-state index in [1.807, 2.05) is 0 Å². The number of nitro benzene ring substituents is 1. The first-order valence-electron chi connectivity index (χ1n) is 10.1. The number of carbonyl (C=O) groups excluding carboxylic acids is 2. The van der Waals surface area contributed by atoms with Crippen LogP contribution in [0.1, 0.15) is 38.6 Å². The molecule has 0 unspecified atom stereocenters. The second-order valence-corrected chi connectivity index (χ2v) is 8.66. The molecule has 33 heavy (non-hydrogen) atoms. The number of carbonyl (C=O) groups is 2. The largest absolute Gasteiger partial charge is 0.293 e. The van der Waals surface area contributed by atoms with Gasteiger partial charge in [0.2, 0.25) is 0 Å². The Bertz CT molecular complexity index is 1290. The fourth-order valence-electron chi connectivity index (χ4n) is 3.84. The third kappa shape index (κ3) is 4.75. The molecule has 5 nitrogen and oxygen atoms in total. The summed E-state index contributed by atoms with van der Waals surface area (Å²) in [5.74, 6) is -2.66. The molecular weight excluding hydrogens is 448 g/mol. The normalized spacial score (nSPS) is 17.8. The van der Waals surface area contributed by atoms with E-state index in [0.29, 0.717) is 5.56 Å². The van der Waals surface area contributed by atoms with Crippen LogP contribution in [0.25, 0.3) is 0 Å². The highest BCUT2D eigenvalue weighted by molar-refractivity contribution is 8.05. The molecule has 3 aromatic rings. The molecule has 0 N–H and O–H groups in total. The van der Waals surface area contributed by atoms with Crippen molar-refractivity contribution in [2.24, 2.45) is 0 Å². The Morgan fingerprint density at radius 1 is 0.909 bits per heavy atom. The maximum Gasteiger partial charge on any atom is 0.272 e. The molecule has 1 aliphatic rings. The average Bonchev–Trinajstić information content (AvgIpc) is 2.82. The van der Waals surface area contributed by atoms with Gasteiger partial charge in [-0.1, -0.05) is 48.5 Å². The summed E-state index contributed by atoms with van der Waals surface area (Å²) in [5, 5.41) is 10.7. The Morgan fingerprint density at radius 2 is 1.55 bits per heavy atom. The molecule has 0 spiro atoms. The van der Waals surface area contributed by atoms with Gasteiger partial charge in [0, 0.05) is 28.7 Å². The van der Waals surface area contributed by atoms with E-state index in [0.717, 1.165) is 23.9 Å². The number of nitrogens with zero attached hydrogens (tertiary/aromatic N) is 1. The van der Waals surface area contributed by atoms with Crippen LogP contribution in [0.5, 0.6) is 0 Å². The second kappa shape index (κ2) is 9.46. The zero-order valence-corrected chi connectivity index (χ0v) is 17.9. The minimum absolute atomic E-state index is 0.107. The van der Waals surface area contributed by atoms with Gasteiger partial charge in [-0.15, -0.1) is 11.8 Å². The fraction of sp³-hybridized carbons (Fsp3) is 0.120. The van der Waals surface area contributed by atoms with Gasteiger partial charge >= 0.3 is 0 Å². The summed E-state index contributed by atoms with van der Waals surface area (Å²) in [4.78, 5) is 37.7. The van der Waals surface area contributed by atoms with Gasteiger partial charge in [-0.3, -0.25) is 19.7 Å². The van der Waals surface area contributed by atoms with Crippen LogP contribution in [-0.4, -0.2) is 21.7 Å². The van der Waals surface area contributed by atoms with Crippen LogP contribution in [0.2, 0.25) is 0 Å². The monoisotopic (exact) mass is 465 g/mol. The van der Waals surface area contributed by atoms with Crippen LogP contribution in [0.3, 0.4) is 0 Å². The third-order valence-corrected chi connectivity index (χ3v) is 6.79. The van der Waals surface area contributed by atoms with Gasteiger partial charge in [0.05, 0.1) is 15.1 Å². The quantitative estimate of drug-likeness (QED) is 0.249. The second-order valence-electron chi connectivity index (χ2n) is 7.48. The number of thioether (sulfide) groups is 1. The van der Waals surface area contributed by atoms with Crippen LogP contribution in [0, 0.1) is 21.7 Å². The van der Waals surface area contributed by atoms with Gasteiger partial charge in [0.25, 0.3) is 5.69 Å². The third-order valence-electron chi connectivity index (χ3n) is 5.39. The summed E-state index contributed by atoms with van der Waals surface area (Å²) < 4.78 is 27.4. The Morgan fingerprint density at radius 3 is 2.21 bits per heavy atom. The Balaban J connectivity index is 1.76. The summed E-state index contributed by atoms with van der Waals surface area (Å²) in [5.41, 5.74) is 0.470. The van der Waals surface area contributed by atoms with Gasteiger partial charge in [-0.05, 0) is 30.7 Å². The summed E-state index contributed by atoms with van der Waals surface area (Å²) >= 11 is 0.967. The number of benzene rings is 3. The summed E-state index contributed by atoms with van der Waals surface area (Å²) in [7, 11) is 0. The molecule has 0 aliphatic carbocycles. The number of para-hydroxylation sites is 1. The summed E-state index contributed by atoms with van der Waals surface area (Å²) in [6.45, 7) is 0. The zero-order valence-electron chi connectivity index (χ0n) is 17.1. The van der Waals surface area contributed by atoms with Gasteiger partial charge < -0.3 is 0 Å². The SMILES string of the molecule is O=C(C1=CC[C@@H](c2ccccc2[N+](=O)[O-])[C@H](C(=O)c2cccc(F)c2)S1)c1cccc(F)c1. The molecule has 0 bridgehead atoms. The van der Waals surface area contributed by atoms with Crippen molar-refractivity contribution >= 4 is 29.0 Å². The molecule has 8 heteroatoms. The maximum absolute atomic E-state index is 13.8. The van der Waals surface area contributed by atoms with E-state index in [9.17, 15) is 28.5 Å². The van der Waals surface area contributed by atoms with E-state index >= 15 is 0 Å². The van der Waals surface area contributed by atoms with Crippen LogP contribution < -0.4 is 0 Å². The molecule has 2 atom stereocenters. The molecule has 1 heterocycles. The van der Waals surface area contributed by atoms with Crippen molar-refractivity contribution in [2.75, 3.05) is 0 Å². The van der Waals surface area contributed by atoms with E-state index in [1.54, 1.807) is 18.2 Å². The molecular formula is C25H17F2NO4S. The van der Waals surface area contributed by atoms with Gasteiger partial charge in [0.1, 0.15) is 11.6 Å². The van der Waals surface area contributed by atoms with Gasteiger partial charge in [-0.25, -0.2) is 8.78 Å². The molecule has 0 fully saturated rings. The lowest BCUT2D eigenvalue weighted by molar-refractivity contribution is -0.385. The molecule has 1 aliphatic heterocycles. The smallest absolute Gasteiger partial charge is 0.272 e. The van der Waals surface area contributed by atoms with E-state index in [2.05, 4.69) is 0 Å². The maximum atomic E-state index is 13.8. The number of rotatable bonds is 6. The van der Waals surface area contributed by atoms with Crippen molar-refractivity contribution in [1.29, 1.82) is 0 Å². The van der Waals surface area contributed by atoms with Crippen molar-refractivity contribution in [2.45, 2.75) is 17.6 Å². The van der Waals surface area contributed by atoms with Crippen molar-refractivity contribution in [3.63, 3.8) is 0 Å². The summed E-state index contributed by atoms with van der Waals surface area (Å²) in [6.07, 6.45) is 1.80. The molecule has 4 rings (SSSR count). The molecule has 0 aromatic heterocycles. The van der Waals surface area contributed by atoms with Crippen molar-refractivity contribution < 1.29 is 23.3 Å². The lowest BCUT2D eigenvalue weighted by Crippen LogP contribution is -2.29. The molecule has 166 valence electrons. The number of allylic oxidation sites excluding steroid dienone is 2. The summed E-state index contributed by atoms with van der Waals surface area (Å²) in [6, 6.07) is 16.6. The minimum atomic E-state index is -0.912. The fourth-order valence-corrected chi connectivity index (χ4v) is 5.20. The van der Waals surface area contributed by atoms with E-state index < -0.39 is 39.3 Å². The first-order chi connectivity index (χ1) is 15.8. The number of halogens is 2. The number of Topliss-reactive ketones (excluding diaryl/α,β-unsaturated/α-hetero) is 2. The lowest BCUT2D eigenvalue weighted by Gasteiger charge is -2.29. The van der Waals surface area contributed by atoms with Crippen LogP contribution in [0.15, 0.2) is 83.8 Å². The highest BCUT2D eigenvalue weighted by atomic mass is 32.2. The lowest BCUT2D eigenvalue weighted by atomic mass is 9.86. The number of ketones is 2. The molecule has 0 amide bonds. The highest BCUT2D eigenvalue weighted by Crippen LogP contribution is 2.45. The Kier molecular flexibility index (Phi) is 6.46. The van der Waals surface area contributed by atoms with Crippen molar-refractivity contribution in [3.8, 4) is 0 Å². The van der Waals surface area contributed by atoms with E-state index in [4.69, 9.17) is 0 Å². The van der Waals surface area contributed by atoms with Crippen LogP contribution >= 0.6 is 11.8 Å². The highest BCUT2D eigenvalue weighted by Gasteiger charge is 2.38. The predicted octanol–water partition coefficient (Wildman–Crippen LogP) is 6.11. The van der Waals surface area contributed by atoms with E-state index in [1.165, 1.54) is 48.5 Å². The Labute approximate surface area is 192 Å². The molecule has 0 radical (unpaired) electrons. The Hall–Kier alpha value is -3.65. The topological polar surface area (TPSA) is 77.3 Å².